The van der Waals surface area contributed by atoms with Gasteiger partial charge in [0.05, 0.1) is 15.1 Å². The number of aromatic nitrogens is 1. The molecule has 1 amide bonds. The molecule has 0 bridgehead atoms. The largest absolute Gasteiger partial charge is 0.436 e. The van der Waals surface area contributed by atoms with Crippen molar-refractivity contribution in [2.75, 3.05) is 33.2 Å². The maximum Gasteiger partial charge on any atom is 0.254 e. The Bertz CT molecular complexity index is 1000. The molecule has 1 saturated heterocycles. The van der Waals surface area contributed by atoms with Crippen LogP contribution in [0.25, 0.3) is 22.6 Å². The van der Waals surface area contributed by atoms with Gasteiger partial charge in [-0.25, -0.2) is 4.98 Å². The summed E-state index contributed by atoms with van der Waals surface area (Å²) in [6, 6.07) is 8.57. The molecule has 2 aromatic carbocycles. The molecular weight excluding hydrogens is 409 g/mol. The second-order valence-electron chi connectivity index (χ2n) is 6.55. The van der Waals surface area contributed by atoms with Crippen LogP contribution in [-0.4, -0.2) is 53.9 Å². The van der Waals surface area contributed by atoms with E-state index < -0.39 is 0 Å². The van der Waals surface area contributed by atoms with Gasteiger partial charge in [-0.2, -0.15) is 0 Å². The lowest BCUT2D eigenvalue weighted by Gasteiger charge is -2.32. The van der Waals surface area contributed by atoms with Crippen molar-refractivity contribution in [1.29, 1.82) is 0 Å². The van der Waals surface area contributed by atoms with E-state index in [1.165, 1.54) is 0 Å². The number of carbonyl (C=O) groups excluding carboxylic acids is 1. The van der Waals surface area contributed by atoms with Gasteiger partial charge in [0.15, 0.2) is 5.58 Å². The van der Waals surface area contributed by atoms with Crippen LogP contribution in [0.5, 0.6) is 0 Å². The van der Waals surface area contributed by atoms with Crippen molar-refractivity contribution in [1.82, 2.24) is 14.8 Å². The lowest BCUT2D eigenvalue weighted by atomic mass is 10.1. The first kappa shape index (κ1) is 18.6. The zero-order valence-corrected chi connectivity index (χ0v) is 16.8. The zero-order valence-electron chi connectivity index (χ0n) is 14.5. The summed E-state index contributed by atoms with van der Waals surface area (Å²) in [5.74, 6) is 0.377. The van der Waals surface area contributed by atoms with Gasteiger partial charge in [0, 0.05) is 37.3 Å². The highest BCUT2D eigenvalue weighted by atomic mass is 35.5. The molecule has 0 atom stereocenters. The highest BCUT2D eigenvalue weighted by Gasteiger charge is 2.21. The number of likely N-dealkylation sites (N-methyl/N-ethyl adjacent to an activating group) is 1. The van der Waals surface area contributed by atoms with E-state index in [1.807, 2.05) is 4.90 Å². The van der Waals surface area contributed by atoms with Crippen molar-refractivity contribution in [3.63, 3.8) is 0 Å². The summed E-state index contributed by atoms with van der Waals surface area (Å²) < 4.78 is 5.80. The summed E-state index contributed by atoms with van der Waals surface area (Å²) in [7, 11) is 2.06. The average Bonchev–Trinajstić information content (AvgIpc) is 3.09. The van der Waals surface area contributed by atoms with Gasteiger partial charge in [-0.05, 0) is 37.4 Å². The number of nitrogens with zero attached hydrogens (tertiary/aromatic N) is 3. The van der Waals surface area contributed by atoms with Gasteiger partial charge in [-0.15, -0.1) is 0 Å². The lowest BCUT2D eigenvalue weighted by molar-refractivity contribution is 0.0664. The minimum absolute atomic E-state index is 0.00660. The van der Waals surface area contributed by atoms with Crippen LogP contribution in [0.4, 0.5) is 0 Å². The van der Waals surface area contributed by atoms with Crippen LogP contribution >= 0.6 is 34.8 Å². The molecule has 27 heavy (non-hydrogen) atoms. The van der Waals surface area contributed by atoms with Crippen LogP contribution in [0.3, 0.4) is 0 Å². The smallest absolute Gasteiger partial charge is 0.254 e. The second-order valence-corrected chi connectivity index (χ2v) is 7.74. The number of benzene rings is 2. The van der Waals surface area contributed by atoms with Crippen LogP contribution in [0.2, 0.25) is 15.1 Å². The molecule has 5 nitrogen and oxygen atoms in total. The standard InChI is InChI=1S/C19H16Cl3N3O2/c1-24-4-6-25(7-5-24)19(26)11-2-3-16-15(10-11)23-18(27-16)12-8-13(20)17(22)14(21)9-12/h2-3,8-10H,4-7H2,1H3. The van der Waals surface area contributed by atoms with E-state index in [-0.39, 0.29) is 5.91 Å². The van der Waals surface area contributed by atoms with Crippen molar-refractivity contribution < 1.29 is 9.21 Å². The Hall–Kier alpha value is -1.79. The minimum Gasteiger partial charge on any atom is -0.436 e. The van der Waals surface area contributed by atoms with Crippen molar-refractivity contribution in [2.24, 2.45) is 0 Å². The van der Waals surface area contributed by atoms with Crippen LogP contribution in [0, 0.1) is 0 Å². The predicted molar refractivity (Wildman–Crippen MR) is 108 cm³/mol. The molecule has 140 valence electrons. The van der Waals surface area contributed by atoms with Crippen LogP contribution in [0.15, 0.2) is 34.7 Å². The fraction of sp³-hybridized carbons (Fsp3) is 0.263. The summed E-state index contributed by atoms with van der Waals surface area (Å²) in [5.41, 5.74) is 2.41. The second kappa shape index (κ2) is 7.32. The first-order chi connectivity index (χ1) is 12.9. The molecule has 4 rings (SSSR count). The molecule has 0 radical (unpaired) electrons. The number of amides is 1. The molecule has 8 heteroatoms. The fourth-order valence-corrected chi connectivity index (χ4v) is 3.65. The topological polar surface area (TPSA) is 49.6 Å². The quantitative estimate of drug-likeness (QED) is 0.552. The lowest BCUT2D eigenvalue weighted by Crippen LogP contribution is -2.47. The summed E-state index contributed by atoms with van der Waals surface area (Å²) in [6.45, 7) is 3.19. The monoisotopic (exact) mass is 423 g/mol. The number of carbonyl (C=O) groups is 1. The van der Waals surface area contributed by atoms with E-state index in [1.54, 1.807) is 30.3 Å². The van der Waals surface area contributed by atoms with E-state index in [4.69, 9.17) is 39.2 Å². The van der Waals surface area contributed by atoms with E-state index in [2.05, 4.69) is 16.9 Å². The first-order valence-electron chi connectivity index (χ1n) is 8.45. The number of halogens is 3. The third-order valence-electron chi connectivity index (χ3n) is 4.66. The molecule has 0 spiro atoms. The molecule has 1 aliphatic heterocycles. The number of hydrogen-bond acceptors (Lipinski definition) is 4. The molecule has 1 fully saturated rings. The van der Waals surface area contributed by atoms with Gasteiger partial charge < -0.3 is 14.2 Å². The molecule has 2 heterocycles. The molecule has 3 aromatic rings. The Morgan fingerprint density at radius 1 is 1.04 bits per heavy atom. The zero-order chi connectivity index (χ0) is 19.1. The maximum atomic E-state index is 12.8. The van der Waals surface area contributed by atoms with Crippen molar-refractivity contribution in [2.45, 2.75) is 0 Å². The first-order valence-corrected chi connectivity index (χ1v) is 9.59. The Balaban J connectivity index is 1.65. The van der Waals surface area contributed by atoms with Gasteiger partial charge in [-0.1, -0.05) is 34.8 Å². The summed E-state index contributed by atoms with van der Waals surface area (Å²) in [5, 5.41) is 0.943. The highest BCUT2D eigenvalue weighted by molar-refractivity contribution is 6.48. The normalized spacial score (nSPS) is 15.5. The Morgan fingerprint density at radius 2 is 1.70 bits per heavy atom. The Kier molecular flexibility index (Phi) is 5.03. The van der Waals surface area contributed by atoms with E-state index in [9.17, 15) is 4.79 Å². The van der Waals surface area contributed by atoms with Crippen LogP contribution in [0.1, 0.15) is 10.4 Å². The molecule has 0 aliphatic carbocycles. The number of oxazole rings is 1. The van der Waals surface area contributed by atoms with E-state index in [0.717, 1.165) is 26.2 Å². The summed E-state index contributed by atoms with van der Waals surface area (Å²) in [4.78, 5) is 21.3. The third-order valence-corrected chi connectivity index (χ3v) is 5.85. The SMILES string of the molecule is CN1CCN(C(=O)c2ccc3oc(-c4cc(Cl)c(Cl)c(Cl)c4)nc3c2)CC1. The Morgan fingerprint density at radius 3 is 2.37 bits per heavy atom. The van der Waals surface area contributed by atoms with Gasteiger partial charge in [-0.3, -0.25) is 4.79 Å². The van der Waals surface area contributed by atoms with Gasteiger partial charge >= 0.3 is 0 Å². The summed E-state index contributed by atoms with van der Waals surface area (Å²) >= 11 is 18.2. The van der Waals surface area contributed by atoms with E-state index >= 15 is 0 Å². The molecular formula is C19H16Cl3N3O2. The summed E-state index contributed by atoms with van der Waals surface area (Å²) in [6.07, 6.45) is 0. The fourth-order valence-electron chi connectivity index (χ4n) is 3.06. The van der Waals surface area contributed by atoms with Crippen LogP contribution < -0.4 is 0 Å². The van der Waals surface area contributed by atoms with E-state index in [0.29, 0.717) is 43.2 Å². The highest BCUT2D eigenvalue weighted by Crippen LogP contribution is 2.35. The average molecular weight is 425 g/mol. The Labute approximate surface area is 171 Å². The molecule has 0 unspecified atom stereocenters. The van der Waals surface area contributed by atoms with Crippen molar-refractivity contribution in [3.8, 4) is 11.5 Å². The minimum atomic E-state index is 0.00660. The molecule has 0 N–H and O–H groups in total. The van der Waals surface area contributed by atoms with Gasteiger partial charge in [0.25, 0.3) is 5.91 Å². The molecule has 1 aliphatic rings. The number of fused-ring (bicyclic) bond motifs is 1. The maximum absolute atomic E-state index is 12.8. The number of rotatable bonds is 2. The van der Waals surface area contributed by atoms with Crippen molar-refractivity contribution >= 4 is 51.8 Å². The number of piperazine rings is 1. The number of hydrogen-bond donors (Lipinski definition) is 0. The van der Waals surface area contributed by atoms with Crippen LogP contribution in [-0.2, 0) is 0 Å². The van der Waals surface area contributed by atoms with Gasteiger partial charge in [0.2, 0.25) is 5.89 Å². The van der Waals surface area contributed by atoms with Gasteiger partial charge in [0.1, 0.15) is 5.52 Å². The third kappa shape index (κ3) is 3.65. The molecule has 1 aromatic heterocycles. The predicted octanol–water partition coefficient (Wildman–Crippen LogP) is 4.84. The van der Waals surface area contributed by atoms with Crippen molar-refractivity contribution in [3.05, 3.63) is 51.0 Å². The molecule has 0 saturated carbocycles.